The summed E-state index contributed by atoms with van der Waals surface area (Å²) in [7, 11) is 0. The Morgan fingerprint density at radius 2 is 2.00 bits per heavy atom. The van der Waals surface area contributed by atoms with E-state index < -0.39 is 0 Å². The molecule has 110 valence electrons. The van der Waals surface area contributed by atoms with Gasteiger partial charge in [-0.2, -0.15) is 5.10 Å². The lowest BCUT2D eigenvalue weighted by molar-refractivity contribution is 0.102. The van der Waals surface area contributed by atoms with Crippen LogP contribution in [0.25, 0.3) is 0 Å². The molecule has 0 unspecified atom stereocenters. The molecule has 2 aromatic heterocycles. The van der Waals surface area contributed by atoms with E-state index in [4.69, 9.17) is 0 Å². The number of amides is 1. The lowest BCUT2D eigenvalue weighted by Crippen LogP contribution is -2.12. The molecule has 1 aromatic carbocycles. The van der Waals surface area contributed by atoms with Crippen molar-refractivity contribution in [2.24, 2.45) is 0 Å². The van der Waals surface area contributed by atoms with E-state index in [9.17, 15) is 4.79 Å². The van der Waals surface area contributed by atoms with E-state index in [1.807, 2.05) is 18.2 Å². The number of hydrogen-bond donors (Lipinski definition) is 2. The van der Waals surface area contributed by atoms with Crippen LogP contribution in [-0.2, 0) is 5.75 Å². The van der Waals surface area contributed by atoms with E-state index >= 15 is 0 Å². The highest BCUT2D eigenvalue weighted by Gasteiger charge is 2.06. The molecule has 0 fully saturated rings. The second-order valence-electron chi connectivity index (χ2n) is 4.45. The average molecular weight is 311 g/mol. The molecule has 7 heteroatoms. The number of aromatic nitrogens is 4. The molecule has 2 N–H and O–H groups in total. The minimum absolute atomic E-state index is 0.173. The predicted molar refractivity (Wildman–Crippen MR) is 84.6 cm³/mol. The Kier molecular flexibility index (Phi) is 4.45. The molecule has 0 aliphatic rings. The molecule has 0 atom stereocenters. The second kappa shape index (κ2) is 6.86. The van der Waals surface area contributed by atoms with Crippen LogP contribution in [0.4, 0.5) is 5.82 Å². The number of carbonyl (C=O) groups is 1. The zero-order chi connectivity index (χ0) is 15.2. The quantitative estimate of drug-likeness (QED) is 0.708. The zero-order valence-corrected chi connectivity index (χ0v) is 12.4. The average Bonchev–Trinajstić information content (AvgIpc) is 3.08. The first kappa shape index (κ1) is 14.3. The molecule has 0 saturated carbocycles. The SMILES string of the molecule is O=C(Nc1ccccn1)c1ccc(CSc2ncn[nH]2)cc1. The van der Waals surface area contributed by atoms with Crippen LogP contribution in [-0.4, -0.2) is 26.1 Å². The maximum atomic E-state index is 12.1. The Morgan fingerprint density at radius 3 is 2.68 bits per heavy atom. The highest BCUT2D eigenvalue weighted by Crippen LogP contribution is 2.18. The fraction of sp³-hybridized carbons (Fsp3) is 0.0667. The fourth-order valence-corrected chi connectivity index (χ4v) is 2.53. The van der Waals surface area contributed by atoms with E-state index in [0.717, 1.165) is 16.5 Å². The summed E-state index contributed by atoms with van der Waals surface area (Å²) < 4.78 is 0. The third-order valence-corrected chi connectivity index (χ3v) is 3.84. The van der Waals surface area contributed by atoms with Crippen LogP contribution < -0.4 is 5.32 Å². The summed E-state index contributed by atoms with van der Waals surface area (Å²) in [5, 5.41) is 10.1. The molecule has 3 aromatic rings. The molecular weight excluding hydrogens is 298 g/mol. The smallest absolute Gasteiger partial charge is 0.256 e. The van der Waals surface area contributed by atoms with Gasteiger partial charge in [-0.05, 0) is 29.8 Å². The van der Waals surface area contributed by atoms with Gasteiger partial charge in [-0.1, -0.05) is 30.0 Å². The van der Waals surface area contributed by atoms with Crippen LogP contribution in [0.5, 0.6) is 0 Å². The number of nitrogens with one attached hydrogen (secondary N) is 2. The molecule has 0 aliphatic carbocycles. The number of aromatic amines is 1. The van der Waals surface area contributed by atoms with Gasteiger partial charge >= 0.3 is 0 Å². The van der Waals surface area contributed by atoms with Crippen LogP contribution >= 0.6 is 11.8 Å². The molecule has 22 heavy (non-hydrogen) atoms. The first-order valence-electron chi connectivity index (χ1n) is 6.61. The zero-order valence-electron chi connectivity index (χ0n) is 11.6. The number of H-pyrrole nitrogens is 1. The van der Waals surface area contributed by atoms with E-state index in [2.05, 4.69) is 25.5 Å². The summed E-state index contributed by atoms with van der Waals surface area (Å²) >= 11 is 1.56. The Hall–Kier alpha value is -2.67. The maximum Gasteiger partial charge on any atom is 0.256 e. The highest BCUT2D eigenvalue weighted by atomic mass is 32.2. The van der Waals surface area contributed by atoms with Crippen LogP contribution in [0.2, 0.25) is 0 Å². The summed E-state index contributed by atoms with van der Waals surface area (Å²) in [4.78, 5) is 20.2. The van der Waals surface area contributed by atoms with E-state index in [1.165, 1.54) is 6.33 Å². The Labute approximate surface area is 131 Å². The second-order valence-corrected chi connectivity index (χ2v) is 5.41. The van der Waals surface area contributed by atoms with Gasteiger partial charge in [0.25, 0.3) is 5.91 Å². The van der Waals surface area contributed by atoms with Crippen LogP contribution in [0, 0.1) is 0 Å². The third-order valence-electron chi connectivity index (χ3n) is 2.89. The van der Waals surface area contributed by atoms with Crippen molar-refractivity contribution in [3.05, 3.63) is 66.1 Å². The van der Waals surface area contributed by atoms with Crippen molar-refractivity contribution < 1.29 is 4.79 Å². The molecule has 0 aliphatic heterocycles. The molecule has 6 nitrogen and oxygen atoms in total. The Balaban J connectivity index is 1.60. The largest absolute Gasteiger partial charge is 0.307 e. The van der Waals surface area contributed by atoms with Crippen molar-refractivity contribution in [3.63, 3.8) is 0 Å². The van der Waals surface area contributed by atoms with Gasteiger partial charge in [0.1, 0.15) is 12.1 Å². The van der Waals surface area contributed by atoms with Gasteiger partial charge in [-0.25, -0.2) is 9.97 Å². The van der Waals surface area contributed by atoms with E-state index in [1.54, 1.807) is 42.2 Å². The molecule has 0 radical (unpaired) electrons. The van der Waals surface area contributed by atoms with Gasteiger partial charge < -0.3 is 5.32 Å². The van der Waals surface area contributed by atoms with Crippen molar-refractivity contribution >= 4 is 23.5 Å². The minimum atomic E-state index is -0.173. The number of rotatable bonds is 5. The molecule has 0 bridgehead atoms. The molecule has 2 heterocycles. The van der Waals surface area contributed by atoms with Crippen LogP contribution in [0.1, 0.15) is 15.9 Å². The summed E-state index contributed by atoms with van der Waals surface area (Å²) in [6, 6.07) is 12.8. The Morgan fingerprint density at radius 1 is 1.14 bits per heavy atom. The van der Waals surface area contributed by atoms with Gasteiger partial charge in [0, 0.05) is 17.5 Å². The van der Waals surface area contributed by atoms with Crippen molar-refractivity contribution in [2.75, 3.05) is 5.32 Å². The number of hydrogen-bond acceptors (Lipinski definition) is 5. The molecule has 1 amide bonds. The number of thioether (sulfide) groups is 1. The Bertz CT molecular complexity index is 728. The lowest BCUT2D eigenvalue weighted by Gasteiger charge is -2.05. The van der Waals surface area contributed by atoms with Gasteiger partial charge in [0.15, 0.2) is 5.16 Å². The van der Waals surface area contributed by atoms with Gasteiger partial charge in [0.05, 0.1) is 0 Å². The number of anilines is 1. The van der Waals surface area contributed by atoms with Crippen molar-refractivity contribution in [3.8, 4) is 0 Å². The normalized spacial score (nSPS) is 10.4. The monoisotopic (exact) mass is 311 g/mol. The maximum absolute atomic E-state index is 12.1. The summed E-state index contributed by atoms with van der Waals surface area (Å²) in [5.41, 5.74) is 1.70. The van der Waals surface area contributed by atoms with E-state index in [-0.39, 0.29) is 5.91 Å². The summed E-state index contributed by atoms with van der Waals surface area (Å²) in [6.07, 6.45) is 3.12. The summed E-state index contributed by atoms with van der Waals surface area (Å²) in [5.74, 6) is 1.13. The highest BCUT2D eigenvalue weighted by molar-refractivity contribution is 7.98. The molecular formula is C15H13N5OS. The minimum Gasteiger partial charge on any atom is -0.307 e. The predicted octanol–water partition coefficient (Wildman–Crippen LogP) is 2.74. The first-order valence-corrected chi connectivity index (χ1v) is 7.59. The topological polar surface area (TPSA) is 83.6 Å². The summed E-state index contributed by atoms with van der Waals surface area (Å²) in [6.45, 7) is 0. The fourth-order valence-electron chi connectivity index (χ4n) is 1.79. The van der Waals surface area contributed by atoms with Crippen molar-refractivity contribution in [2.45, 2.75) is 10.9 Å². The number of pyridine rings is 1. The van der Waals surface area contributed by atoms with Gasteiger partial charge in [-0.15, -0.1) is 0 Å². The van der Waals surface area contributed by atoms with Crippen LogP contribution in [0.15, 0.2) is 60.1 Å². The molecule has 3 rings (SSSR count). The number of carbonyl (C=O) groups excluding carboxylic acids is 1. The van der Waals surface area contributed by atoms with Crippen LogP contribution in [0.3, 0.4) is 0 Å². The van der Waals surface area contributed by atoms with Crippen molar-refractivity contribution in [1.82, 2.24) is 20.2 Å². The third kappa shape index (κ3) is 3.70. The standard InChI is InChI=1S/C15H13N5OS/c21-14(19-13-3-1-2-8-16-13)12-6-4-11(5-7-12)9-22-15-17-10-18-20-15/h1-8,10H,9H2,(H,16,19,21)(H,17,18,20). The first-order chi connectivity index (χ1) is 10.8. The van der Waals surface area contributed by atoms with Crippen molar-refractivity contribution in [1.29, 1.82) is 0 Å². The van der Waals surface area contributed by atoms with E-state index in [0.29, 0.717) is 11.4 Å². The molecule has 0 saturated heterocycles. The van der Waals surface area contributed by atoms with Gasteiger partial charge in [-0.3, -0.25) is 9.89 Å². The number of benzene rings is 1. The lowest BCUT2D eigenvalue weighted by atomic mass is 10.1. The molecule has 0 spiro atoms. The van der Waals surface area contributed by atoms with Gasteiger partial charge in [0.2, 0.25) is 0 Å². The number of nitrogens with zero attached hydrogens (tertiary/aromatic N) is 3.